The summed E-state index contributed by atoms with van der Waals surface area (Å²) in [7, 11) is 2.23. The molecule has 1 nitrogen and oxygen atoms in total. The lowest BCUT2D eigenvalue weighted by atomic mass is 9.76. The van der Waals surface area contributed by atoms with Gasteiger partial charge < -0.3 is 4.90 Å². The van der Waals surface area contributed by atoms with E-state index in [-0.39, 0.29) is 0 Å². The van der Waals surface area contributed by atoms with Crippen molar-refractivity contribution in [2.75, 3.05) is 20.1 Å². The van der Waals surface area contributed by atoms with E-state index in [4.69, 9.17) is 0 Å². The van der Waals surface area contributed by atoms with Gasteiger partial charge in [-0.3, -0.25) is 0 Å². The molecule has 1 fully saturated rings. The first-order valence-corrected chi connectivity index (χ1v) is 6.02. The summed E-state index contributed by atoms with van der Waals surface area (Å²) in [6.07, 6.45) is 5.23. The summed E-state index contributed by atoms with van der Waals surface area (Å²) in [6.45, 7) is 4.88. The average Bonchev–Trinajstić information content (AvgIpc) is 2.08. The molecule has 1 aliphatic heterocycles. The number of nitrogens with zero attached hydrogens (tertiary/aromatic N) is 1. The van der Waals surface area contributed by atoms with Gasteiger partial charge in [-0.2, -0.15) is 0 Å². The van der Waals surface area contributed by atoms with E-state index in [1.54, 1.807) is 0 Å². The van der Waals surface area contributed by atoms with Gasteiger partial charge >= 0.3 is 0 Å². The Bertz CT molecular complexity index is 224. The summed E-state index contributed by atoms with van der Waals surface area (Å²) in [4.78, 5) is 2.45. The summed E-state index contributed by atoms with van der Waals surface area (Å²) in [6, 6.07) is 0. The number of fused-ring (bicyclic) bond motifs is 1. The van der Waals surface area contributed by atoms with Gasteiger partial charge in [0.1, 0.15) is 0 Å². The zero-order valence-electron chi connectivity index (χ0n) is 8.46. The fourth-order valence-electron chi connectivity index (χ4n) is 2.62. The third-order valence-corrected chi connectivity index (χ3v) is 4.56. The Morgan fingerprint density at radius 3 is 3.08 bits per heavy atom. The van der Waals surface area contributed by atoms with E-state index in [2.05, 4.69) is 40.9 Å². The van der Waals surface area contributed by atoms with Crippen molar-refractivity contribution in [1.29, 1.82) is 0 Å². The Morgan fingerprint density at radius 1 is 1.54 bits per heavy atom. The molecule has 1 heterocycles. The molecule has 0 aromatic carbocycles. The molecule has 3 atom stereocenters. The molecule has 0 unspecified atom stereocenters. The second kappa shape index (κ2) is 3.74. The quantitative estimate of drug-likeness (QED) is 0.633. The van der Waals surface area contributed by atoms with Crippen molar-refractivity contribution >= 4 is 15.9 Å². The molecule has 0 radical (unpaired) electrons. The fourth-order valence-corrected chi connectivity index (χ4v) is 3.14. The van der Waals surface area contributed by atoms with Crippen LogP contribution in [-0.4, -0.2) is 25.0 Å². The maximum absolute atomic E-state index is 3.68. The normalized spacial score (nSPS) is 41.2. The molecule has 0 bridgehead atoms. The Balaban J connectivity index is 2.11. The van der Waals surface area contributed by atoms with E-state index in [0.717, 1.165) is 17.8 Å². The Morgan fingerprint density at radius 2 is 2.31 bits per heavy atom. The van der Waals surface area contributed by atoms with Crippen molar-refractivity contribution < 1.29 is 0 Å². The SMILES string of the molecule is C[C@@H]1C[C@@H]2CCN(C)C[C@@H]2C=C1Br. The van der Waals surface area contributed by atoms with Crippen molar-refractivity contribution in [3.63, 3.8) is 0 Å². The van der Waals surface area contributed by atoms with Crippen LogP contribution in [0.1, 0.15) is 19.8 Å². The first kappa shape index (κ1) is 9.72. The summed E-state index contributed by atoms with van der Waals surface area (Å²) in [5, 5.41) is 0. The summed E-state index contributed by atoms with van der Waals surface area (Å²) in [5.74, 6) is 2.52. The lowest BCUT2D eigenvalue weighted by Gasteiger charge is -2.39. The molecule has 0 aromatic heterocycles. The van der Waals surface area contributed by atoms with E-state index >= 15 is 0 Å². The standard InChI is InChI=1S/C11H18BrN/c1-8-5-9-3-4-13(2)7-10(9)6-11(8)12/h6,8-10H,3-5,7H2,1-2H3/t8-,9+,10+/m1/s1. The van der Waals surface area contributed by atoms with Crippen LogP contribution in [-0.2, 0) is 0 Å². The van der Waals surface area contributed by atoms with Gasteiger partial charge in [0, 0.05) is 6.54 Å². The second-order valence-corrected chi connectivity index (χ2v) is 5.58. The maximum Gasteiger partial charge on any atom is 0.00444 e. The summed E-state index contributed by atoms with van der Waals surface area (Å²) in [5.41, 5.74) is 0. The number of allylic oxidation sites excluding steroid dienone is 1. The highest BCUT2D eigenvalue weighted by Crippen LogP contribution is 2.39. The second-order valence-electron chi connectivity index (χ2n) is 4.66. The van der Waals surface area contributed by atoms with Crippen LogP contribution >= 0.6 is 15.9 Å². The third-order valence-electron chi connectivity index (χ3n) is 3.51. The van der Waals surface area contributed by atoms with Gasteiger partial charge in [-0.1, -0.05) is 28.9 Å². The van der Waals surface area contributed by atoms with Crippen molar-refractivity contribution in [2.45, 2.75) is 19.8 Å². The number of hydrogen-bond acceptors (Lipinski definition) is 1. The maximum atomic E-state index is 3.68. The number of likely N-dealkylation sites (tertiary alicyclic amines) is 1. The minimum Gasteiger partial charge on any atom is -0.306 e. The first-order valence-electron chi connectivity index (χ1n) is 5.22. The molecule has 0 spiro atoms. The monoisotopic (exact) mass is 243 g/mol. The van der Waals surface area contributed by atoms with Gasteiger partial charge in [0.05, 0.1) is 0 Å². The predicted octanol–water partition coefficient (Wildman–Crippen LogP) is 2.87. The molecule has 1 saturated heterocycles. The number of hydrogen-bond donors (Lipinski definition) is 0. The van der Waals surface area contributed by atoms with E-state index in [1.807, 2.05) is 0 Å². The van der Waals surface area contributed by atoms with Gasteiger partial charge in [0.2, 0.25) is 0 Å². The minimum absolute atomic E-state index is 0.754. The van der Waals surface area contributed by atoms with Crippen molar-refractivity contribution in [3.05, 3.63) is 10.6 Å². The van der Waals surface area contributed by atoms with Crippen LogP contribution < -0.4 is 0 Å². The molecule has 1 aliphatic carbocycles. The van der Waals surface area contributed by atoms with Gasteiger partial charge in [-0.25, -0.2) is 0 Å². The van der Waals surface area contributed by atoms with Crippen LogP contribution in [0, 0.1) is 17.8 Å². The lowest BCUT2D eigenvalue weighted by Crippen LogP contribution is -2.39. The highest BCUT2D eigenvalue weighted by Gasteiger charge is 2.31. The van der Waals surface area contributed by atoms with E-state index in [9.17, 15) is 0 Å². The van der Waals surface area contributed by atoms with Crippen LogP contribution in [0.15, 0.2) is 10.6 Å². The summed E-state index contributed by atoms with van der Waals surface area (Å²) >= 11 is 3.68. The Hall–Kier alpha value is 0.180. The topological polar surface area (TPSA) is 3.24 Å². The molecule has 74 valence electrons. The minimum atomic E-state index is 0.754. The van der Waals surface area contributed by atoms with Crippen molar-refractivity contribution in [1.82, 2.24) is 4.90 Å². The van der Waals surface area contributed by atoms with Crippen LogP contribution in [0.5, 0.6) is 0 Å². The molecule has 0 aromatic rings. The average molecular weight is 244 g/mol. The molecule has 13 heavy (non-hydrogen) atoms. The van der Waals surface area contributed by atoms with Crippen molar-refractivity contribution in [3.8, 4) is 0 Å². The van der Waals surface area contributed by atoms with Gasteiger partial charge in [0.25, 0.3) is 0 Å². The predicted molar refractivity (Wildman–Crippen MR) is 59.9 cm³/mol. The van der Waals surface area contributed by atoms with Crippen molar-refractivity contribution in [2.24, 2.45) is 17.8 Å². The molecular weight excluding hydrogens is 226 g/mol. The third kappa shape index (κ3) is 1.99. The molecule has 0 N–H and O–H groups in total. The highest BCUT2D eigenvalue weighted by molar-refractivity contribution is 9.11. The number of halogens is 1. The lowest BCUT2D eigenvalue weighted by molar-refractivity contribution is 0.149. The largest absolute Gasteiger partial charge is 0.306 e. The number of rotatable bonds is 0. The highest BCUT2D eigenvalue weighted by atomic mass is 79.9. The van der Waals surface area contributed by atoms with Crippen LogP contribution in [0.2, 0.25) is 0 Å². The smallest absolute Gasteiger partial charge is 0.00444 e. The van der Waals surface area contributed by atoms with Gasteiger partial charge in [-0.15, -0.1) is 0 Å². The zero-order valence-corrected chi connectivity index (χ0v) is 10.0. The fraction of sp³-hybridized carbons (Fsp3) is 0.818. The van der Waals surface area contributed by atoms with Crippen LogP contribution in [0.25, 0.3) is 0 Å². The zero-order chi connectivity index (χ0) is 9.42. The van der Waals surface area contributed by atoms with Gasteiger partial charge in [0.15, 0.2) is 0 Å². The molecule has 2 heteroatoms. The molecular formula is C11H18BrN. The molecule has 0 amide bonds. The molecule has 2 aliphatic rings. The van der Waals surface area contributed by atoms with Crippen LogP contribution in [0.4, 0.5) is 0 Å². The Kier molecular flexibility index (Phi) is 2.80. The van der Waals surface area contributed by atoms with E-state index in [1.165, 1.54) is 30.4 Å². The number of piperidine rings is 1. The first-order chi connectivity index (χ1) is 6.16. The molecule has 0 saturated carbocycles. The van der Waals surface area contributed by atoms with Crippen LogP contribution in [0.3, 0.4) is 0 Å². The van der Waals surface area contributed by atoms with E-state index < -0.39 is 0 Å². The van der Waals surface area contributed by atoms with Gasteiger partial charge in [-0.05, 0) is 48.7 Å². The van der Waals surface area contributed by atoms with E-state index in [0.29, 0.717) is 0 Å². The Labute approximate surface area is 89.3 Å². The summed E-state index contributed by atoms with van der Waals surface area (Å²) < 4.78 is 1.43. The molecule has 2 rings (SSSR count).